The van der Waals surface area contributed by atoms with Crippen molar-refractivity contribution in [3.63, 3.8) is 0 Å². The summed E-state index contributed by atoms with van der Waals surface area (Å²) in [6.45, 7) is 0. The number of rotatable bonds is 0. The first-order valence-electron chi connectivity index (χ1n) is 1.72. The number of alkyl halides is 1. The molecular formula is C3H5BrNS. The predicted molar refractivity (Wildman–Crippen MR) is 32.6 cm³/mol. The van der Waals surface area contributed by atoms with E-state index in [9.17, 15) is 0 Å². The van der Waals surface area contributed by atoms with Crippen molar-refractivity contribution in [1.29, 1.82) is 0 Å². The normalized spacial score (nSPS) is 34.5. The maximum absolute atomic E-state index is 3.35. The molecule has 0 aliphatic carbocycles. The quantitative estimate of drug-likeness (QED) is 0.429. The van der Waals surface area contributed by atoms with Gasteiger partial charge in [0.1, 0.15) is 0 Å². The van der Waals surface area contributed by atoms with Crippen LogP contribution in [0, 0.1) is 5.75 Å². The molecule has 1 radical (unpaired) electrons. The number of thioether (sulfide) groups is 1. The van der Waals surface area contributed by atoms with Crippen LogP contribution in [0.15, 0.2) is 0 Å². The lowest BCUT2D eigenvalue weighted by Crippen LogP contribution is -2.12. The van der Waals surface area contributed by atoms with Crippen molar-refractivity contribution in [2.24, 2.45) is 0 Å². The van der Waals surface area contributed by atoms with Crippen LogP contribution in [0.3, 0.4) is 0 Å². The van der Waals surface area contributed by atoms with Crippen molar-refractivity contribution >= 4 is 27.7 Å². The van der Waals surface area contributed by atoms with Gasteiger partial charge in [0.2, 0.25) is 0 Å². The molecule has 1 aliphatic heterocycles. The van der Waals surface area contributed by atoms with Crippen LogP contribution >= 0.6 is 27.7 Å². The summed E-state index contributed by atoms with van der Waals surface area (Å²) >= 11 is 5.15. The highest BCUT2D eigenvalue weighted by atomic mass is 79.9. The number of nitrogens with one attached hydrogen (secondary N) is 1. The van der Waals surface area contributed by atoms with Crippen molar-refractivity contribution in [1.82, 2.24) is 5.32 Å². The van der Waals surface area contributed by atoms with Crippen LogP contribution in [0.25, 0.3) is 0 Å². The molecule has 35 valence electrons. The molecule has 1 fully saturated rings. The maximum atomic E-state index is 3.35. The third-order valence-corrected chi connectivity index (χ3v) is 2.31. The van der Waals surface area contributed by atoms with Crippen LogP contribution in [0.5, 0.6) is 0 Å². The highest BCUT2D eigenvalue weighted by Crippen LogP contribution is 2.18. The van der Waals surface area contributed by atoms with Gasteiger partial charge in [-0.1, -0.05) is 15.9 Å². The topological polar surface area (TPSA) is 12.0 Å². The van der Waals surface area contributed by atoms with E-state index < -0.39 is 0 Å². The standard InChI is InChI=1S/C3H5BrNS/c4-3-1-6-2-5-3/h1,3,5H,2H2. The van der Waals surface area contributed by atoms with Crippen LogP contribution in [0.4, 0.5) is 0 Å². The summed E-state index contributed by atoms with van der Waals surface area (Å²) in [5.74, 6) is 3.18. The molecule has 6 heavy (non-hydrogen) atoms. The van der Waals surface area contributed by atoms with Gasteiger partial charge in [-0.15, -0.1) is 11.8 Å². The van der Waals surface area contributed by atoms with Crippen molar-refractivity contribution in [3.05, 3.63) is 5.75 Å². The van der Waals surface area contributed by atoms with E-state index in [4.69, 9.17) is 0 Å². The first-order chi connectivity index (χ1) is 2.89. The van der Waals surface area contributed by atoms with Crippen LogP contribution in [0.2, 0.25) is 0 Å². The van der Waals surface area contributed by atoms with Gasteiger partial charge in [-0.3, -0.25) is 5.32 Å². The fourth-order valence-electron chi connectivity index (χ4n) is 0.308. The summed E-state index contributed by atoms with van der Waals surface area (Å²) < 4.78 is 0. The second-order valence-electron chi connectivity index (χ2n) is 1.05. The summed E-state index contributed by atoms with van der Waals surface area (Å²) in [6, 6.07) is 0. The molecule has 1 nitrogen and oxygen atoms in total. The van der Waals surface area contributed by atoms with Gasteiger partial charge in [0.05, 0.1) is 4.95 Å². The third-order valence-electron chi connectivity index (χ3n) is 0.577. The molecule has 1 rings (SSSR count). The van der Waals surface area contributed by atoms with Gasteiger partial charge in [-0.2, -0.15) is 0 Å². The Hall–Kier alpha value is 0.790. The zero-order valence-electron chi connectivity index (χ0n) is 3.15. The van der Waals surface area contributed by atoms with Gasteiger partial charge in [0.25, 0.3) is 0 Å². The molecule has 0 aromatic rings. The van der Waals surface area contributed by atoms with Gasteiger partial charge in [0, 0.05) is 11.6 Å². The molecule has 1 saturated heterocycles. The van der Waals surface area contributed by atoms with E-state index in [-0.39, 0.29) is 0 Å². The Labute approximate surface area is 50.0 Å². The minimum Gasteiger partial charge on any atom is -0.295 e. The second-order valence-corrected chi connectivity index (χ2v) is 2.93. The summed E-state index contributed by atoms with van der Waals surface area (Å²) in [5, 5.41) is 3.14. The number of halogens is 1. The van der Waals surface area contributed by atoms with Gasteiger partial charge >= 0.3 is 0 Å². The SMILES string of the molecule is BrC1[CH]SCN1. The average Bonchev–Trinajstić information content (AvgIpc) is 1.86. The lowest BCUT2D eigenvalue weighted by atomic mass is 10.8. The molecule has 0 aromatic heterocycles. The van der Waals surface area contributed by atoms with E-state index in [1.807, 2.05) is 0 Å². The van der Waals surface area contributed by atoms with Crippen molar-refractivity contribution < 1.29 is 0 Å². The van der Waals surface area contributed by atoms with Crippen LogP contribution in [-0.4, -0.2) is 10.8 Å². The van der Waals surface area contributed by atoms with Gasteiger partial charge in [-0.25, -0.2) is 0 Å². The Balaban J connectivity index is 2.18. The highest BCUT2D eigenvalue weighted by molar-refractivity contribution is 9.09. The van der Waals surface area contributed by atoms with Gasteiger partial charge < -0.3 is 0 Å². The van der Waals surface area contributed by atoms with Gasteiger partial charge in [-0.05, 0) is 0 Å². The molecule has 0 amide bonds. The van der Waals surface area contributed by atoms with E-state index in [1.165, 1.54) is 0 Å². The first-order valence-corrected chi connectivity index (χ1v) is 3.68. The molecule has 0 aromatic carbocycles. The van der Waals surface area contributed by atoms with E-state index in [0.29, 0.717) is 4.95 Å². The van der Waals surface area contributed by atoms with Crippen LogP contribution in [-0.2, 0) is 0 Å². The first kappa shape index (κ1) is 4.94. The molecule has 1 unspecified atom stereocenters. The smallest absolute Gasteiger partial charge is 0.0769 e. The predicted octanol–water partition coefficient (Wildman–Crippen LogP) is 1.16. The van der Waals surface area contributed by atoms with Crippen molar-refractivity contribution in [3.8, 4) is 0 Å². The Morgan fingerprint density at radius 2 is 2.83 bits per heavy atom. The fourth-order valence-corrected chi connectivity index (χ4v) is 1.78. The molecule has 0 bridgehead atoms. The number of hydrogen-bond donors (Lipinski definition) is 1. The molecule has 1 N–H and O–H groups in total. The lowest BCUT2D eigenvalue weighted by Gasteiger charge is -1.90. The minimum atomic E-state index is 0.447. The van der Waals surface area contributed by atoms with E-state index in [2.05, 4.69) is 27.0 Å². The molecule has 0 saturated carbocycles. The monoisotopic (exact) mass is 166 g/mol. The Kier molecular flexibility index (Phi) is 1.80. The van der Waals surface area contributed by atoms with Crippen LogP contribution < -0.4 is 5.32 Å². The van der Waals surface area contributed by atoms with Crippen molar-refractivity contribution in [2.75, 3.05) is 5.88 Å². The molecule has 0 spiro atoms. The zero-order valence-corrected chi connectivity index (χ0v) is 5.55. The minimum absolute atomic E-state index is 0.447. The van der Waals surface area contributed by atoms with E-state index in [0.717, 1.165) is 5.88 Å². The van der Waals surface area contributed by atoms with Crippen molar-refractivity contribution in [2.45, 2.75) is 4.95 Å². The van der Waals surface area contributed by atoms with Crippen LogP contribution in [0.1, 0.15) is 0 Å². The second kappa shape index (κ2) is 2.19. The summed E-state index contributed by atoms with van der Waals surface area (Å²) in [5.41, 5.74) is 0. The van der Waals surface area contributed by atoms with E-state index in [1.54, 1.807) is 11.8 Å². The highest BCUT2D eigenvalue weighted by Gasteiger charge is 2.08. The molecule has 1 atom stereocenters. The van der Waals surface area contributed by atoms with E-state index >= 15 is 0 Å². The summed E-state index contributed by atoms with van der Waals surface area (Å²) in [6.07, 6.45) is 0. The Bertz CT molecular complexity index is 44.1. The molecule has 1 aliphatic rings. The zero-order chi connectivity index (χ0) is 4.41. The average molecular weight is 167 g/mol. The largest absolute Gasteiger partial charge is 0.295 e. The maximum Gasteiger partial charge on any atom is 0.0769 e. The molecule has 3 heteroatoms. The lowest BCUT2D eigenvalue weighted by molar-refractivity contribution is 0.873. The summed E-state index contributed by atoms with van der Waals surface area (Å²) in [7, 11) is 0. The Morgan fingerprint density at radius 3 is 3.00 bits per heavy atom. The number of hydrogen-bond acceptors (Lipinski definition) is 2. The van der Waals surface area contributed by atoms with Gasteiger partial charge in [0.15, 0.2) is 0 Å². The summed E-state index contributed by atoms with van der Waals surface area (Å²) in [4.78, 5) is 0.447. The molecule has 1 heterocycles. The molecular weight excluding hydrogens is 162 g/mol. The Morgan fingerprint density at radius 1 is 2.00 bits per heavy atom. The fraction of sp³-hybridized carbons (Fsp3) is 0.667. The third kappa shape index (κ3) is 1.13.